The van der Waals surface area contributed by atoms with Gasteiger partial charge in [0.25, 0.3) is 0 Å². The molecular weight excluding hydrogens is 287 g/mol. The van der Waals surface area contributed by atoms with Crippen molar-refractivity contribution in [1.29, 1.82) is 0 Å². The van der Waals surface area contributed by atoms with Gasteiger partial charge in [0, 0.05) is 6.54 Å². The van der Waals surface area contributed by atoms with Crippen LogP contribution >= 0.6 is 0 Å². The maximum atomic E-state index is 13.0. The average molecular weight is 310 g/mol. The summed E-state index contributed by atoms with van der Waals surface area (Å²) in [6.07, 6.45) is 0.235. The lowest BCUT2D eigenvalue weighted by Gasteiger charge is -2.17. The van der Waals surface area contributed by atoms with Gasteiger partial charge in [-0.05, 0) is 23.6 Å². The number of rotatable bonds is 8. The highest BCUT2D eigenvalue weighted by atomic mass is 19.1. The lowest BCUT2D eigenvalue weighted by Crippen LogP contribution is -2.41. The van der Waals surface area contributed by atoms with E-state index >= 15 is 0 Å². The molecule has 0 radical (unpaired) electrons. The quantitative estimate of drug-likeness (QED) is 0.670. The van der Waals surface area contributed by atoms with Crippen LogP contribution < -0.4 is 10.6 Å². The third-order valence-electron chi connectivity index (χ3n) is 3.51. The molecule has 0 saturated heterocycles. The van der Waals surface area contributed by atoms with Crippen LogP contribution in [0.25, 0.3) is 0 Å². The van der Waals surface area contributed by atoms with Gasteiger partial charge in [-0.15, -0.1) is 0 Å². The van der Waals surface area contributed by atoms with E-state index in [9.17, 15) is 19.1 Å². The summed E-state index contributed by atoms with van der Waals surface area (Å²) in [4.78, 5) is 23.2. The second-order valence-corrected chi connectivity index (χ2v) is 5.34. The van der Waals surface area contributed by atoms with Crippen LogP contribution in [0.1, 0.15) is 25.8 Å². The molecule has 1 aromatic carbocycles. The van der Waals surface area contributed by atoms with Crippen LogP contribution in [0.3, 0.4) is 0 Å². The van der Waals surface area contributed by atoms with Gasteiger partial charge in [0.1, 0.15) is 5.82 Å². The van der Waals surface area contributed by atoms with Gasteiger partial charge in [-0.25, -0.2) is 4.39 Å². The lowest BCUT2D eigenvalue weighted by molar-refractivity contribution is -0.126. The van der Waals surface area contributed by atoms with E-state index in [4.69, 9.17) is 0 Å². The van der Waals surface area contributed by atoms with Crippen LogP contribution in [0, 0.1) is 11.7 Å². The van der Waals surface area contributed by atoms with E-state index in [0.717, 1.165) is 6.42 Å². The highest BCUT2D eigenvalue weighted by Crippen LogP contribution is 2.06. The fourth-order valence-corrected chi connectivity index (χ4v) is 1.83. The number of aliphatic hydroxyl groups excluding tert-OH is 1. The number of hydrogen-bond donors (Lipinski definition) is 3. The molecule has 1 rings (SSSR count). The summed E-state index contributed by atoms with van der Waals surface area (Å²) >= 11 is 0. The lowest BCUT2D eigenvalue weighted by atomic mass is 10.0. The van der Waals surface area contributed by atoms with Crippen LogP contribution in [0.15, 0.2) is 24.3 Å². The second-order valence-electron chi connectivity index (χ2n) is 5.34. The summed E-state index contributed by atoms with van der Waals surface area (Å²) in [7, 11) is 0. The Hall–Kier alpha value is -1.95. The Morgan fingerprint density at radius 1 is 1.27 bits per heavy atom. The number of amides is 2. The summed E-state index contributed by atoms with van der Waals surface area (Å²) in [5.41, 5.74) is 0.546. The van der Waals surface area contributed by atoms with Gasteiger partial charge < -0.3 is 15.7 Å². The molecule has 122 valence electrons. The predicted octanol–water partition coefficient (Wildman–Crippen LogP) is 1.01. The van der Waals surface area contributed by atoms with Crippen molar-refractivity contribution < 1.29 is 19.1 Å². The third-order valence-corrected chi connectivity index (χ3v) is 3.51. The van der Waals surface area contributed by atoms with E-state index < -0.39 is 11.9 Å². The Kier molecular flexibility index (Phi) is 7.52. The minimum atomic E-state index is -0.600. The normalized spacial score (nSPS) is 13.3. The van der Waals surface area contributed by atoms with Gasteiger partial charge in [-0.2, -0.15) is 0 Å². The molecule has 0 heterocycles. The van der Waals surface area contributed by atoms with E-state index in [0.29, 0.717) is 5.56 Å². The average Bonchev–Trinajstić information content (AvgIpc) is 2.49. The largest absolute Gasteiger partial charge is 0.391 e. The summed E-state index contributed by atoms with van der Waals surface area (Å²) in [5, 5.41) is 14.8. The first-order chi connectivity index (χ1) is 10.4. The minimum absolute atomic E-state index is 0.0144. The molecule has 0 aliphatic rings. The Labute approximate surface area is 129 Å². The monoisotopic (exact) mass is 310 g/mol. The number of aliphatic hydroxyl groups is 1. The van der Waals surface area contributed by atoms with Crippen LogP contribution in [-0.2, 0) is 16.0 Å². The van der Waals surface area contributed by atoms with Crippen LogP contribution in [-0.4, -0.2) is 36.1 Å². The molecule has 3 N–H and O–H groups in total. The number of hydrogen-bond acceptors (Lipinski definition) is 3. The highest BCUT2D eigenvalue weighted by molar-refractivity contribution is 5.85. The summed E-state index contributed by atoms with van der Waals surface area (Å²) in [6.45, 7) is 3.86. The molecule has 0 fully saturated rings. The predicted molar refractivity (Wildman–Crippen MR) is 81.6 cm³/mol. The number of benzene rings is 1. The van der Waals surface area contributed by atoms with E-state index in [-0.39, 0.29) is 37.2 Å². The molecule has 0 saturated carbocycles. The zero-order valence-electron chi connectivity index (χ0n) is 12.9. The molecule has 6 heteroatoms. The number of carbonyl (C=O) groups is 2. The minimum Gasteiger partial charge on any atom is -0.391 e. The molecule has 5 nitrogen and oxygen atoms in total. The molecule has 0 aliphatic heterocycles. The molecule has 0 bridgehead atoms. The van der Waals surface area contributed by atoms with E-state index in [1.54, 1.807) is 6.07 Å². The van der Waals surface area contributed by atoms with Crippen molar-refractivity contribution in [3.05, 3.63) is 35.6 Å². The summed E-state index contributed by atoms with van der Waals surface area (Å²) in [5.74, 6) is -1.02. The van der Waals surface area contributed by atoms with E-state index in [1.807, 2.05) is 13.8 Å². The summed E-state index contributed by atoms with van der Waals surface area (Å²) in [6, 6.07) is 5.76. The van der Waals surface area contributed by atoms with Crippen LogP contribution in [0.2, 0.25) is 0 Å². The Morgan fingerprint density at radius 2 is 2.00 bits per heavy atom. The van der Waals surface area contributed by atoms with Crippen LogP contribution in [0.5, 0.6) is 0 Å². The first-order valence-electron chi connectivity index (χ1n) is 7.38. The van der Waals surface area contributed by atoms with Gasteiger partial charge in [-0.1, -0.05) is 32.4 Å². The van der Waals surface area contributed by atoms with Gasteiger partial charge in [0.15, 0.2) is 0 Å². The van der Waals surface area contributed by atoms with Crippen LogP contribution in [0.4, 0.5) is 4.39 Å². The number of nitrogens with one attached hydrogen (secondary N) is 2. The Balaban J connectivity index is 2.27. The topological polar surface area (TPSA) is 78.4 Å². The van der Waals surface area contributed by atoms with Gasteiger partial charge >= 0.3 is 0 Å². The maximum Gasteiger partial charge on any atom is 0.239 e. The zero-order valence-corrected chi connectivity index (χ0v) is 12.9. The van der Waals surface area contributed by atoms with Crippen molar-refractivity contribution in [3.8, 4) is 0 Å². The van der Waals surface area contributed by atoms with E-state index in [2.05, 4.69) is 10.6 Å². The Bertz CT molecular complexity index is 508. The van der Waals surface area contributed by atoms with E-state index in [1.165, 1.54) is 18.2 Å². The smallest absolute Gasteiger partial charge is 0.239 e. The van der Waals surface area contributed by atoms with Crippen molar-refractivity contribution in [1.82, 2.24) is 10.6 Å². The highest BCUT2D eigenvalue weighted by Gasteiger charge is 2.13. The first kappa shape index (κ1) is 18.1. The molecule has 0 aromatic heterocycles. The second kappa shape index (κ2) is 9.15. The van der Waals surface area contributed by atoms with Crippen molar-refractivity contribution in [3.63, 3.8) is 0 Å². The molecule has 0 spiro atoms. The molecular formula is C16H23FN2O3. The molecule has 2 amide bonds. The van der Waals surface area contributed by atoms with Crippen molar-refractivity contribution >= 4 is 11.8 Å². The SMILES string of the molecule is CCC(C)C(O)CNC(=O)CNC(=O)Cc1cccc(F)c1. The third kappa shape index (κ3) is 6.67. The molecule has 1 aromatic rings. The number of carbonyl (C=O) groups excluding carboxylic acids is 2. The van der Waals surface area contributed by atoms with Crippen molar-refractivity contribution in [2.24, 2.45) is 5.92 Å². The number of halogens is 1. The fraction of sp³-hybridized carbons (Fsp3) is 0.500. The standard InChI is InChI=1S/C16H23FN2O3/c1-3-11(2)14(20)9-18-16(22)10-19-15(21)8-12-5-4-6-13(17)7-12/h4-7,11,14,20H,3,8-10H2,1-2H3,(H,18,22)(H,19,21). The van der Waals surface area contributed by atoms with Gasteiger partial charge in [-0.3, -0.25) is 9.59 Å². The molecule has 2 unspecified atom stereocenters. The zero-order chi connectivity index (χ0) is 16.5. The maximum absolute atomic E-state index is 13.0. The van der Waals surface area contributed by atoms with Gasteiger partial charge in [0.05, 0.1) is 19.1 Å². The molecule has 22 heavy (non-hydrogen) atoms. The molecule has 2 atom stereocenters. The molecule has 0 aliphatic carbocycles. The first-order valence-corrected chi connectivity index (χ1v) is 7.38. The van der Waals surface area contributed by atoms with Crippen molar-refractivity contribution in [2.45, 2.75) is 32.8 Å². The van der Waals surface area contributed by atoms with Crippen molar-refractivity contribution in [2.75, 3.05) is 13.1 Å². The fourth-order valence-electron chi connectivity index (χ4n) is 1.83. The summed E-state index contributed by atoms with van der Waals surface area (Å²) < 4.78 is 13.0. The van der Waals surface area contributed by atoms with Gasteiger partial charge in [0.2, 0.25) is 11.8 Å². The Morgan fingerprint density at radius 3 is 2.64 bits per heavy atom.